The molecule has 4 nitrogen and oxygen atoms in total. The number of benzene rings is 1. The van der Waals surface area contributed by atoms with Crippen LogP contribution in [0.1, 0.15) is 43.9 Å². The van der Waals surface area contributed by atoms with E-state index < -0.39 is 11.7 Å². The van der Waals surface area contributed by atoms with Crippen LogP contribution in [0.5, 0.6) is 0 Å². The molecule has 35 heavy (non-hydrogen) atoms. The standard InChI is InChI=1S/C28H31F3N2O2/c1-16-26-24(23-10-9-22(32-2)13-19(23)14-25(26)27(34)35-16)11-8-21-7-6-18(15-33-21)17-4-3-5-20(12-17)28(29,30)31/h3-8,11-12,15-16,19,22-26,32H,9-10,13-14H2,1-2H3/b11-8+/t16-,19+,22+,23-,24+,25-,26+/m1/s1. The van der Waals surface area contributed by atoms with Crippen LogP contribution < -0.4 is 5.32 Å². The molecule has 186 valence electrons. The number of rotatable bonds is 4. The van der Waals surface area contributed by atoms with E-state index in [0.717, 1.165) is 43.5 Å². The Morgan fingerprint density at radius 2 is 1.94 bits per heavy atom. The van der Waals surface area contributed by atoms with E-state index in [1.807, 2.05) is 26.1 Å². The molecule has 0 unspecified atom stereocenters. The Hall–Kier alpha value is -2.67. The molecule has 1 aromatic carbocycles. The third-order valence-electron chi connectivity index (χ3n) is 8.36. The molecule has 2 saturated carbocycles. The smallest absolute Gasteiger partial charge is 0.416 e. The zero-order valence-electron chi connectivity index (χ0n) is 20.0. The lowest BCUT2D eigenvalue weighted by Crippen LogP contribution is -2.46. The number of hydrogen-bond donors (Lipinski definition) is 1. The Balaban J connectivity index is 1.37. The summed E-state index contributed by atoms with van der Waals surface area (Å²) in [6, 6.07) is 9.42. The van der Waals surface area contributed by atoms with Gasteiger partial charge in [0.15, 0.2) is 0 Å². The number of carbonyl (C=O) groups excluding carboxylic acids is 1. The topological polar surface area (TPSA) is 51.2 Å². The first-order valence-corrected chi connectivity index (χ1v) is 12.4. The Bertz CT molecular complexity index is 1100. The molecule has 1 N–H and O–H groups in total. The fourth-order valence-corrected chi connectivity index (χ4v) is 6.64. The molecule has 0 spiro atoms. The zero-order valence-corrected chi connectivity index (χ0v) is 20.0. The van der Waals surface area contributed by atoms with Crippen molar-refractivity contribution in [1.29, 1.82) is 0 Å². The van der Waals surface area contributed by atoms with E-state index in [0.29, 0.717) is 29.0 Å². The van der Waals surface area contributed by atoms with Crippen LogP contribution in [-0.4, -0.2) is 30.1 Å². The van der Waals surface area contributed by atoms with E-state index in [9.17, 15) is 18.0 Å². The van der Waals surface area contributed by atoms with Gasteiger partial charge in [-0.25, -0.2) is 0 Å². The number of nitrogens with zero attached hydrogens (tertiary/aromatic N) is 1. The quantitative estimate of drug-likeness (QED) is 0.543. The molecule has 7 heteroatoms. The van der Waals surface area contributed by atoms with Crippen LogP contribution in [0.3, 0.4) is 0 Å². The molecule has 1 aromatic heterocycles. The molecule has 1 aliphatic heterocycles. The maximum atomic E-state index is 13.1. The summed E-state index contributed by atoms with van der Waals surface area (Å²) in [7, 11) is 2.01. The molecule has 0 bridgehead atoms. The highest BCUT2D eigenvalue weighted by atomic mass is 19.4. The highest BCUT2D eigenvalue weighted by molar-refractivity contribution is 5.75. The summed E-state index contributed by atoms with van der Waals surface area (Å²) < 4.78 is 44.9. The first-order chi connectivity index (χ1) is 16.7. The Morgan fingerprint density at radius 3 is 2.66 bits per heavy atom. The number of nitrogens with one attached hydrogen (secondary N) is 1. The average Bonchev–Trinajstić information content (AvgIpc) is 3.14. The van der Waals surface area contributed by atoms with Crippen molar-refractivity contribution < 1.29 is 22.7 Å². The molecular formula is C28H31F3N2O2. The minimum atomic E-state index is -4.38. The second-order valence-corrected chi connectivity index (χ2v) is 10.3. The lowest BCUT2D eigenvalue weighted by molar-refractivity contribution is -0.144. The van der Waals surface area contributed by atoms with Crippen LogP contribution in [0.25, 0.3) is 17.2 Å². The molecule has 2 aromatic rings. The highest BCUT2D eigenvalue weighted by Crippen LogP contribution is 2.53. The van der Waals surface area contributed by atoms with Crippen molar-refractivity contribution in [3.8, 4) is 11.1 Å². The largest absolute Gasteiger partial charge is 0.462 e. The molecule has 3 aliphatic rings. The number of pyridine rings is 1. The summed E-state index contributed by atoms with van der Waals surface area (Å²) in [5, 5.41) is 3.41. The molecule has 1 saturated heterocycles. The number of fused-ring (bicyclic) bond motifs is 2. The maximum absolute atomic E-state index is 13.1. The van der Waals surface area contributed by atoms with E-state index in [-0.39, 0.29) is 29.8 Å². The normalized spacial score (nSPS) is 32.8. The van der Waals surface area contributed by atoms with Crippen molar-refractivity contribution in [2.45, 2.75) is 50.9 Å². The summed E-state index contributed by atoms with van der Waals surface area (Å²) >= 11 is 0. The summed E-state index contributed by atoms with van der Waals surface area (Å²) in [5.74, 6) is 1.31. The SMILES string of the molecule is CN[C@H]1CC[C@@H]2[C@@H](C1)C[C@H]1C(=O)O[C@H](C)[C@H]1[C@H]2/C=C/c1ccc(-c2cccc(C(F)(F)F)c2)cn1. The zero-order chi connectivity index (χ0) is 24.7. The minimum Gasteiger partial charge on any atom is -0.462 e. The molecule has 0 radical (unpaired) electrons. The van der Waals surface area contributed by atoms with Gasteiger partial charge in [0.2, 0.25) is 0 Å². The number of halogens is 3. The van der Waals surface area contributed by atoms with Crippen LogP contribution >= 0.6 is 0 Å². The predicted octanol–water partition coefficient (Wildman–Crippen LogP) is 5.98. The number of allylic oxidation sites excluding steroid dienone is 1. The van der Waals surface area contributed by atoms with Gasteiger partial charge < -0.3 is 10.1 Å². The Kier molecular flexibility index (Phi) is 6.47. The van der Waals surface area contributed by atoms with Gasteiger partial charge in [0.1, 0.15) is 6.10 Å². The van der Waals surface area contributed by atoms with Crippen LogP contribution in [0, 0.1) is 29.6 Å². The van der Waals surface area contributed by atoms with Gasteiger partial charge in [0, 0.05) is 23.7 Å². The van der Waals surface area contributed by atoms with Gasteiger partial charge in [0.05, 0.1) is 17.2 Å². The van der Waals surface area contributed by atoms with Crippen molar-refractivity contribution in [2.75, 3.05) is 7.05 Å². The number of hydrogen-bond acceptors (Lipinski definition) is 4. The van der Waals surface area contributed by atoms with Crippen molar-refractivity contribution in [1.82, 2.24) is 10.3 Å². The van der Waals surface area contributed by atoms with E-state index in [1.165, 1.54) is 6.07 Å². The second kappa shape index (κ2) is 9.41. The van der Waals surface area contributed by atoms with Crippen molar-refractivity contribution in [2.24, 2.45) is 29.6 Å². The first-order valence-electron chi connectivity index (χ1n) is 12.4. The van der Waals surface area contributed by atoms with Crippen LogP contribution in [0.15, 0.2) is 48.7 Å². The van der Waals surface area contributed by atoms with E-state index >= 15 is 0 Å². The monoisotopic (exact) mass is 484 g/mol. The maximum Gasteiger partial charge on any atom is 0.416 e. The highest BCUT2D eigenvalue weighted by Gasteiger charge is 2.54. The molecule has 3 fully saturated rings. The third kappa shape index (κ3) is 4.75. The second-order valence-electron chi connectivity index (χ2n) is 10.3. The fraction of sp³-hybridized carbons (Fsp3) is 0.500. The van der Waals surface area contributed by atoms with Gasteiger partial charge in [-0.2, -0.15) is 13.2 Å². The number of ether oxygens (including phenoxy) is 1. The number of carbonyl (C=O) groups is 1. The van der Waals surface area contributed by atoms with Crippen molar-refractivity contribution in [3.05, 3.63) is 59.9 Å². The average molecular weight is 485 g/mol. The van der Waals surface area contributed by atoms with Crippen LogP contribution in [0.4, 0.5) is 13.2 Å². The van der Waals surface area contributed by atoms with Gasteiger partial charge in [-0.3, -0.25) is 9.78 Å². The number of cyclic esters (lactones) is 1. The summed E-state index contributed by atoms with van der Waals surface area (Å²) in [6.07, 6.45) is 5.59. The fourth-order valence-electron chi connectivity index (χ4n) is 6.64. The van der Waals surface area contributed by atoms with E-state index in [2.05, 4.69) is 16.4 Å². The van der Waals surface area contributed by atoms with Crippen molar-refractivity contribution in [3.63, 3.8) is 0 Å². The lowest BCUT2D eigenvalue weighted by Gasteiger charge is -2.47. The van der Waals surface area contributed by atoms with E-state index in [4.69, 9.17) is 4.74 Å². The Labute approximate surface area is 204 Å². The van der Waals surface area contributed by atoms with Gasteiger partial charge in [-0.05, 0) is 87.2 Å². The summed E-state index contributed by atoms with van der Waals surface area (Å²) in [4.78, 5) is 17.1. The van der Waals surface area contributed by atoms with Gasteiger partial charge in [-0.15, -0.1) is 0 Å². The third-order valence-corrected chi connectivity index (χ3v) is 8.36. The predicted molar refractivity (Wildman–Crippen MR) is 128 cm³/mol. The first kappa shape index (κ1) is 24.0. The summed E-state index contributed by atoms with van der Waals surface area (Å²) in [5.41, 5.74) is 1.20. The lowest BCUT2D eigenvalue weighted by atomic mass is 9.57. The molecule has 7 atom stereocenters. The van der Waals surface area contributed by atoms with E-state index in [1.54, 1.807) is 18.3 Å². The van der Waals surface area contributed by atoms with Gasteiger partial charge in [0.25, 0.3) is 0 Å². The van der Waals surface area contributed by atoms with Crippen LogP contribution in [-0.2, 0) is 15.7 Å². The number of aromatic nitrogens is 1. The molecular weight excluding hydrogens is 453 g/mol. The van der Waals surface area contributed by atoms with Gasteiger partial charge >= 0.3 is 12.1 Å². The summed E-state index contributed by atoms with van der Waals surface area (Å²) in [6.45, 7) is 2.01. The molecule has 5 rings (SSSR count). The minimum absolute atomic E-state index is 0.0484. The van der Waals surface area contributed by atoms with Gasteiger partial charge in [-0.1, -0.05) is 24.3 Å². The Morgan fingerprint density at radius 1 is 1.11 bits per heavy atom. The molecule has 2 heterocycles. The number of alkyl halides is 3. The number of esters is 1. The van der Waals surface area contributed by atoms with Crippen molar-refractivity contribution >= 4 is 12.0 Å². The van der Waals surface area contributed by atoms with Crippen LogP contribution in [0.2, 0.25) is 0 Å². The molecule has 2 aliphatic carbocycles. The molecule has 0 amide bonds.